The number of hydrogen-bond acceptors (Lipinski definition) is 8. The van der Waals surface area contributed by atoms with Crippen molar-refractivity contribution in [2.75, 3.05) is 25.1 Å². The number of benzene rings is 1. The Kier molecular flexibility index (Phi) is 5.52. The van der Waals surface area contributed by atoms with Gasteiger partial charge in [-0.1, -0.05) is 6.07 Å². The number of esters is 1. The molecule has 0 radical (unpaired) electrons. The Balaban J connectivity index is 1.42. The maximum Gasteiger partial charge on any atom is 0.337 e. The normalized spacial score (nSPS) is 26.8. The van der Waals surface area contributed by atoms with Crippen LogP contribution in [0.25, 0.3) is 0 Å². The smallest absolute Gasteiger partial charge is 0.337 e. The van der Waals surface area contributed by atoms with Crippen molar-refractivity contribution in [2.45, 2.75) is 31.7 Å². The Morgan fingerprint density at radius 1 is 1.32 bits per heavy atom. The van der Waals surface area contributed by atoms with Gasteiger partial charge in [0.05, 0.1) is 31.1 Å². The van der Waals surface area contributed by atoms with Crippen LogP contribution in [0.2, 0.25) is 0 Å². The van der Waals surface area contributed by atoms with Crippen LogP contribution >= 0.6 is 11.3 Å². The largest absolute Gasteiger partial charge is 0.488 e. The molecule has 1 aliphatic carbocycles. The molecule has 150 valence electrons. The third-order valence-corrected chi connectivity index (χ3v) is 6.55. The lowest BCUT2D eigenvalue weighted by atomic mass is 9.78. The minimum absolute atomic E-state index is 0.0452. The maximum absolute atomic E-state index is 11.7. The van der Waals surface area contributed by atoms with Gasteiger partial charge < -0.3 is 24.6 Å². The molecule has 28 heavy (non-hydrogen) atoms. The van der Waals surface area contributed by atoms with Crippen molar-refractivity contribution < 1.29 is 24.5 Å². The second kappa shape index (κ2) is 8.06. The topological polar surface area (TPSA) is 92.1 Å². The number of nitrogens with zero attached hydrogens (tertiary/aromatic N) is 2. The van der Waals surface area contributed by atoms with Crippen LogP contribution in [0.5, 0.6) is 5.75 Å². The zero-order valence-electron chi connectivity index (χ0n) is 15.7. The molecule has 4 atom stereocenters. The summed E-state index contributed by atoms with van der Waals surface area (Å²) in [5.41, 5.74) is 1.13. The first kappa shape index (κ1) is 19.2. The Hall–Kier alpha value is -2.16. The van der Waals surface area contributed by atoms with Crippen molar-refractivity contribution >= 4 is 22.4 Å². The molecule has 1 saturated heterocycles. The first-order chi connectivity index (χ1) is 13.6. The van der Waals surface area contributed by atoms with Gasteiger partial charge in [0.25, 0.3) is 0 Å². The predicted octanol–water partition coefficient (Wildman–Crippen LogP) is 2.08. The molecule has 0 amide bonds. The number of fused-ring (bicyclic) bond motifs is 1. The number of aliphatic hydroxyl groups is 2. The van der Waals surface area contributed by atoms with E-state index in [1.807, 2.05) is 5.38 Å². The number of aromatic nitrogens is 1. The van der Waals surface area contributed by atoms with Crippen molar-refractivity contribution in [1.82, 2.24) is 4.98 Å². The number of hydrogen-bond donors (Lipinski definition) is 2. The molecule has 2 aromatic rings. The van der Waals surface area contributed by atoms with Gasteiger partial charge in [-0.05, 0) is 42.9 Å². The van der Waals surface area contributed by atoms with Gasteiger partial charge in [-0.2, -0.15) is 0 Å². The molecule has 2 fully saturated rings. The summed E-state index contributed by atoms with van der Waals surface area (Å²) < 4.78 is 10.8. The lowest BCUT2D eigenvalue weighted by Crippen LogP contribution is -2.42. The molecule has 2 aliphatic rings. The van der Waals surface area contributed by atoms with E-state index in [1.165, 1.54) is 7.11 Å². The molecule has 4 rings (SSSR count). The summed E-state index contributed by atoms with van der Waals surface area (Å²) in [5, 5.41) is 22.7. The summed E-state index contributed by atoms with van der Waals surface area (Å²) >= 11 is 1.54. The first-order valence-corrected chi connectivity index (χ1v) is 10.3. The third kappa shape index (κ3) is 3.85. The third-order valence-electron chi connectivity index (χ3n) is 5.60. The number of thiazole rings is 1. The van der Waals surface area contributed by atoms with E-state index in [-0.39, 0.29) is 12.7 Å². The van der Waals surface area contributed by atoms with Crippen LogP contribution in [0.1, 0.15) is 28.9 Å². The summed E-state index contributed by atoms with van der Waals surface area (Å²) in [6, 6.07) is 6.86. The fourth-order valence-electron chi connectivity index (χ4n) is 4.18. The first-order valence-electron chi connectivity index (χ1n) is 9.40. The zero-order valence-corrected chi connectivity index (χ0v) is 16.5. The quantitative estimate of drug-likeness (QED) is 0.737. The van der Waals surface area contributed by atoms with Crippen LogP contribution in [0.3, 0.4) is 0 Å². The van der Waals surface area contributed by atoms with Crippen molar-refractivity contribution in [3.63, 3.8) is 0 Å². The maximum atomic E-state index is 11.7. The number of ether oxygens (including phenoxy) is 2. The molecule has 2 N–H and O–H groups in total. The Labute approximate surface area is 167 Å². The number of rotatable bonds is 5. The van der Waals surface area contributed by atoms with Crippen LogP contribution in [-0.4, -0.2) is 53.6 Å². The summed E-state index contributed by atoms with van der Waals surface area (Å²) in [5.74, 6) is 0.969. The molecular formula is C20H24N2O5S. The summed E-state index contributed by atoms with van der Waals surface area (Å²) in [4.78, 5) is 18.4. The summed E-state index contributed by atoms with van der Waals surface area (Å²) in [6.45, 7) is 1.69. The molecular weight excluding hydrogens is 380 g/mol. The molecule has 8 heteroatoms. The van der Waals surface area contributed by atoms with Crippen molar-refractivity contribution in [2.24, 2.45) is 11.8 Å². The second-order valence-electron chi connectivity index (χ2n) is 7.42. The van der Waals surface area contributed by atoms with Crippen LogP contribution in [-0.2, 0) is 11.3 Å². The zero-order chi connectivity index (χ0) is 19.7. The molecule has 2 heterocycles. The fourth-order valence-corrected chi connectivity index (χ4v) is 5.01. The van der Waals surface area contributed by atoms with Crippen molar-refractivity contribution in [3.05, 3.63) is 40.9 Å². The SMILES string of the molecule is COC(=O)c1cccc(O[C@@H]2C[C@@H]3CN(c4nc(CO)cs4)C[C@@H]3C[C@H]2O)c1. The van der Waals surface area contributed by atoms with E-state index in [9.17, 15) is 15.0 Å². The van der Waals surface area contributed by atoms with E-state index in [2.05, 4.69) is 9.88 Å². The van der Waals surface area contributed by atoms with Crippen LogP contribution < -0.4 is 9.64 Å². The van der Waals surface area contributed by atoms with Gasteiger partial charge in [0.15, 0.2) is 5.13 Å². The molecule has 0 spiro atoms. The molecule has 1 saturated carbocycles. The predicted molar refractivity (Wildman–Crippen MR) is 105 cm³/mol. The second-order valence-corrected chi connectivity index (χ2v) is 8.26. The van der Waals surface area contributed by atoms with E-state index < -0.39 is 12.1 Å². The van der Waals surface area contributed by atoms with Gasteiger partial charge >= 0.3 is 5.97 Å². The molecule has 1 aromatic heterocycles. The van der Waals surface area contributed by atoms with Gasteiger partial charge in [0, 0.05) is 18.5 Å². The number of anilines is 1. The van der Waals surface area contributed by atoms with Crippen molar-refractivity contribution in [1.29, 1.82) is 0 Å². The van der Waals surface area contributed by atoms with E-state index >= 15 is 0 Å². The van der Waals surface area contributed by atoms with E-state index in [0.29, 0.717) is 35.3 Å². The minimum atomic E-state index is -0.549. The van der Waals surface area contributed by atoms with Crippen molar-refractivity contribution in [3.8, 4) is 5.75 Å². The van der Waals surface area contributed by atoms with E-state index in [1.54, 1.807) is 35.6 Å². The highest BCUT2D eigenvalue weighted by molar-refractivity contribution is 7.13. The van der Waals surface area contributed by atoms with Gasteiger partial charge in [-0.15, -0.1) is 11.3 Å². The minimum Gasteiger partial charge on any atom is -0.488 e. The van der Waals surface area contributed by atoms with Gasteiger partial charge in [-0.3, -0.25) is 0 Å². The average Bonchev–Trinajstić information content (AvgIpc) is 3.34. The molecule has 1 aliphatic heterocycles. The monoisotopic (exact) mass is 404 g/mol. The Morgan fingerprint density at radius 2 is 2.11 bits per heavy atom. The average molecular weight is 404 g/mol. The molecule has 1 aromatic carbocycles. The number of carbonyl (C=O) groups excluding carboxylic acids is 1. The van der Waals surface area contributed by atoms with E-state index in [0.717, 1.165) is 24.6 Å². The fraction of sp³-hybridized carbons (Fsp3) is 0.500. The van der Waals surface area contributed by atoms with Crippen LogP contribution in [0.4, 0.5) is 5.13 Å². The standard InChI is InChI=1S/C20H24N2O5S/c1-26-19(25)12-3-2-4-16(5-12)27-18-7-14-9-22(8-13(14)6-17(18)24)20-21-15(10-23)11-28-20/h2-5,11,13-14,17-18,23-24H,6-10H2,1H3/t13-,14+,17+,18+/m0/s1. The number of carbonyl (C=O) groups is 1. The van der Waals surface area contributed by atoms with Crippen LogP contribution in [0, 0.1) is 11.8 Å². The molecule has 0 bridgehead atoms. The van der Waals surface area contributed by atoms with Crippen LogP contribution in [0.15, 0.2) is 29.6 Å². The lowest BCUT2D eigenvalue weighted by molar-refractivity contribution is -0.0231. The number of aliphatic hydroxyl groups excluding tert-OH is 2. The Morgan fingerprint density at radius 3 is 2.82 bits per heavy atom. The molecule has 0 unspecified atom stereocenters. The van der Waals surface area contributed by atoms with Gasteiger partial charge in [-0.25, -0.2) is 9.78 Å². The van der Waals surface area contributed by atoms with E-state index in [4.69, 9.17) is 9.47 Å². The molecule has 7 nitrogen and oxygen atoms in total. The van der Waals surface area contributed by atoms with Gasteiger partial charge in [0.1, 0.15) is 11.9 Å². The van der Waals surface area contributed by atoms with Gasteiger partial charge in [0.2, 0.25) is 0 Å². The highest BCUT2D eigenvalue weighted by Crippen LogP contribution is 2.40. The lowest BCUT2D eigenvalue weighted by Gasteiger charge is -2.35. The highest BCUT2D eigenvalue weighted by Gasteiger charge is 2.43. The Bertz CT molecular complexity index is 842. The summed E-state index contributed by atoms with van der Waals surface area (Å²) in [7, 11) is 1.35. The summed E-state index contributed by atoms with van der Waals surface area (Å²) in [6.07, 6.45) is 0.578. The number of methoxy groups -OCH3 is 1. The highest BCUT2D eigenvalue weighted by atomic mass is 32.1.